The highest BCUT2D eigenvalue weighted by Crippen LogP contribution is 2.36. The van der Waals surface area contributed by atoms with E-state index in [0.29, 0.717) is 39.8 Å². The molecule has 1 rings (SSSR count). The number of amides is 1. The number of methoxy groups -OCH3 is 1. The minimum absolute atomic E-state index is 0.334. The van der Waals surface area contributed by atoms with Crippen molar-refractivity contribution in [3.8, 4) is 11.5 Å². The van der Waals surface area contributed by atoms with Crippen molar-refractivity contribution in [3.05, 3.63) is 22.2 Å². The number of thiocarbonyl (C=S) groups is 1. The average molecular weight is 420 g/mol. The quantitative estimate of drug-likeness (QED) is 0.371. The summed E-state index contributed by atoms with van der Waals surface area (Å²) < 4.78 is 11.4. The zero-order valence-corrected chi connectivity index (χ0v) is 16.7. The number of hydrogen-bond acceptors (Lipinski definition) is 4. The molecular formula is C15H24BrN4O3S+. The molecule has 0 aliphatic carbocycles. The number of halogens is 1. The maximum absolute atomic E-state index is 12.2. The molecule has 0 atom stereocenters. The lowest BCUT2D eigenvalue weighted by Gasteiger charge is -2.15. The minimum Gasteiger partial charge on any atom is -0.493 e. The largest absolute Gasteiger partial charge is 0.493 e. The zero-order valence-electron chi connectivity index (χ0n) is 14.3. The number of hydrogen-bond donors (Lipinski definition) is 4. The van der Waals surface area contributed by atoms with Crippen LogP contribution in [0, 0.1) is 0 Å². The summed E-state index contributed by atoms with van der Waals surface area (Å²) in [5.74, 6) is 0.707. The molecule has 0 aromatic heterocycles. The van der Waals surface area contributed by atoms with Gasteiger partial charge in [0.1, 0.15) is 0 Å². The molecular weight excluding hydrogens is 396 g/mol. The van der Waals surface area contributed by atoms with Crippen molar-refractivity contribution in [2.45, 2.75) is 6.92 Å². The van der Waals surface area contributed by atoms with Gasteiger partial charge < -0.3 is 19.7 Å². The maximum atomic E-state index is 12.2. The molecule has 0 aliphatic heterocycles. The lowest BCUT2D eigenvalue weighted by molar-refractivity contribution is -0.856. The minimum atomic E-state index is -0.334. The fourth-order valence-corrected chi connectivity index (χ4v) is 2.50. The maximum Gasteiger partial charge on any atom is 0.269 e. The molecule has 1 aromatic rings. The first-order valence-corrected chi connectivity index (χ1v) is 8.72. The molecule has 0 radical (unpaired) electrons. The SMILES string of the molecule is CCOc1c(Br)cc(C(=O)NNC(=S)NCC[NH+](C)C)cc1OC. The van der Waals surface area contributed by atoms with E-state index in [0.717, 1.165) is 6.54 Å². The van der Waals surface area contributed by atoms with E-state index in [4.69, 9.17) is 21.7 Å². The number of carbonyl (C=O) groups is 1. The van der Waals surface area contributed by atoms with Crippen molar-refractivity contribution in [2.75, 3.05) is 40.9 Å². The molecule has 0 spiro atoms. The molecule has 0 fully saturated rings. The number of ether oxygens (including phenoxy) is 2. The van der Waals surface area contributed by atoms with E-state index in [1.807, 2.05) is 6.92 Å². The van der Waals surface area contributed by atoms with E-state index in [-0.39, 0.29) is 5.91 Å². The highest BCUT2D eigenvalue weighted by Gasteiger charge is 2.15. The molecule has 0 aliphatic rings. The summed E-state index contributed by atoms with van der Waals surface area (Å²) in [6.45, 7) is 4.00. The number of rotatable bonds is 7. The Bertz CT molecular complexity index is 584. The van der Waals surface area contributed by atoms with Crippen molar-refractivity contribution in [2.24, 2.45) is 0 Å². The van der Waals surface area contributed by atoms with E-state index >= 15 is 0 Å². The Hall–Kier alpha value is -1.58. The van der Waals surface area contributed by atoms with Crippen LogP contribution in [-0.4, -0.2) is 51.9 Å². The van der Waals surface area contributed by atoms with E-state index in [9.17, 15) is 4.79 Å². The van der Waals surface area contributed by atoms with Gasteiger partial charge in [0.05, 0.1) is 45.4 Å². The van der Waals surface area contributed by atoms with Gasteiger partial charge in [0.2, 0.25) is 0 Å². The standard InChI is InChI=1S/C15H23BrN4O3S/c1-5-23-13-11(16)8-10(9-12(13)22-4)14(21)18-19-15(24)17-6-7-20(2)3/h8-9H,5-7H2,1-4H3,(H,18,21)(H2,17,19,24)/p+1. The zero-order chi connectivity index (χ0) is 18.1. The van der Waals surface area contributed by atoms with Crippen molar-refractivity contribution in [3.63, 3.8) is 0 Å². The van der Waals surface area contributed by atoms with Gasteiger partial charge in [-0.3, -0.25) is 15.6 Å². The van der Waals surface area contributed by atoms with Crippen molar-refractivity contribution in [1.82, 2.24) is 16.2 Å². The van der Waals surface area contributed by atoms with Crippen LogP contribution in [0.25, 0.3) is 0 Å². The Labute approximate surface area is 156 Å². The van der Waals surface area contributed by atoms with Crippen molar-refractivity contribution < 1.29 is 19.2 Å². The van der Waals surface area contributed by atoms with Crippen LogP contribution < -0.4 is 30.5 Å². The number of nitrogens with one attached hydrogen (secondary N) is 4. The van der Waals surface area contributed by atoms with Crippen LogP contribution in [0.3, 0.4) is 0 Å². The summed E-state index contributed by atoms with van der Waals surface area (Å²) in [4.78, 5) is 13.5. The normalized spacial score (nSPS) is 10.2. The van der Waals surface area contributed by atoms with Gasteiger partial charge in [-0.1, -0.05) is 0 Å². The lowest BCUT2D eigenvalue weighted by atomic mass is 10.2. The predicted octanol–water partition coefficient (Wildman–Crippen LogP) is 0.110. The fourth-order valence-electron chi connectivity index (χ4n) is 1.79. The number of likely N-dealkylation sites (N-methyl/N-ethyl adjacent to an activating group) is 1. The van der Waals surface area contributed by atoms with Crippen molar-refractivity contribution in [1.29, 1.82) is 0 Å². The monoisotopic (exact) mass is 419 g/mol. The topological polar surface area (TPSA) is 76.1 Å². The number of quaternary nitrogens is 1. The van der Waals surface area contributed by atoms with Gasteiger partial charge in [0.15, 0.2) is 16.6 Å². The molecule has 0 saturated carbocycles. The number of carbonyl (C=O) groups excluding carboxylic acids is 1. The van der Waals surface area contributed by atoms with Gasteiger partial charge in [0.25, 0.3) is 5.91 Å². The summed E-state index contributed by atoms with van der Waals surface area (Å²) in [5, 5.41) is 3.37. The van der Waals surface area contributed by atoms with Gasteiger partial charge in [-0.05, 0) is 47.2 Å². The first-order valence-electron chi connectivity index (χ1n) is 7.52. The molecule has 1 aromatic carbocycles. The van der Waals surface area contributed by atoms with Crippen LogP contribution in [0.1, 0.15) is 17.3 Å². The lowest BCUT2D eigenvalue weighted by Crippen LogP contribution is -3.06. The summed E-state index contributed by atoms with van der Waals surface area (Å²) in [6, 6.07) is 3.27. The molecule has 1 amide bonds. The van der Waals surface area contributed by atoms with Crippen LogP contribution in [-0.2, 0) is 0 Å². The second-order valence-corrected chi connectivity index (χ2v) is 6.48. The predicted molar refractivity (Wildman–Crippen MR) is 101 cm³/mol. The fraction of sp³-hybridized carbons (Fsp3) is 0.467. The van der Waals surface area contributed by atoms with Gasteiger partial charge in [0, 0.05) is 5.56 Å². The Morgan fingerprint density at radius 3 is 2.62 bits per heavy atom. The first kappa shape index (κ1) is 20.5. The van der Waals surface area contributed by atoms with E-state index in [1.54, 1.807) is 12.1 Å². The van der Waals surface area contributed by atoms with Crippen LogP contribution in [0.4, 0.5) is 0 Å². The molecule has 134 valence electrons. The van der Waals surface area contributed by atoms with Gasteiger partial charge >= 0.3 is 0 Å². The molecule has 9 heteroatoms. The molecule has 0 saturated heterocycles. The highest BCUT2D eigenvalue weighted by molar-refractivity contribution is 9.10. The highest BCUT2D eigenvalue weighted by atomic mass is 79.9. The molecule has 0 heterocycles. The second kappa shape index (κ2) is 10.3. The van der Waals surface area contributed by atoms with Crippen LogP contribution in [0.15, 0.2) is 16.6 Å². The summed E-state index contributed by atoms with van der Waals surface area (Å²) >= 11 is 8.49. The van der Waals surface area contributed by atoms with Crippen LogP contribution in [0.5, 0.6) is 11.5 Å². The Kier molecular flexibility index (Phi) is 8.80. The Morgan fingerprint density at radius 1 is 1.33 bits per heavy atom. The molecule has 0 bridgehead atoms. The first-order chi connectivity index (χ1) is 11.4. The van der Waals surface area contributed by atoms with Crippen LogP contribution in [0.2, 0.25) is 0 Å². The Balaban J connectivity index is 2.65. The van der Waals surface area contributed by atoms with E-state index < -0.39 is 0 Å². The Morgan fingerprint density at radius 2 is 2.04 bits per heavy atom. The van der Waals surface area contributed by atoms with Crippen LogP contribution >= 0.6 is 28.1 Å². The molecule has 7 nitrogen and oxygen atoms in total. The van der Waals surface area contributed by atoms with Gasteiger partial charge in [-0.2, -0.15) is 0 Å². The number of benzene rings is 1. The van der Waals surface area contributed by atoms with E-state index in [1.165, 1.54) is 12.0 Å². The van der Waals surface area contributed by atoms with Crippen molar-refractivity contribution >= 4 is 39.2 Å². The molecule has 4 N–H and O–H groups in total. The third-order valence-electron chi connectivity index (χ3n) is 2.98. The van der Waals surface area contributed by atoms with Gasteiger partial charge in [-0.25, -0.2) is 0 Å². The summed E-state index contributed by atoms with van der Waals surface area (Å²) in [7, 11) is 5.63. The third-order valence-corrected chi connectivity index (χ3v) is 3.82. The van der Waals surface area contributed by atoms with Gasteiger partial charge in [-0.15, -0.1) is 0 Å². The summed E-state index contributed by atoms with van der Waals surface area (Å²) in [5.41, 5.74) is 5.64. The molecule has 0 unspecified atom stereocenters. The van der Waals surface area contributed by atoms with E-state index in [2.05, 4.69) is 46.2 Å². The average Bonchev–Trinajstić information content (AvgIpc) is 2.53. The third kappa shape index (κ3) is 6.50. The second-order valence-electron chi connectivity index (χ2n) is 5.21. The smallest absolute Gasteiger partial charge is 0.269 e. The molecule has 24 heavy (non-hydrogen) atoms. The number of hydrazine groups is 1. The summed E-state index contributed by atoms with van der Waals surface area (Å²) in [6.07, 6.45) is 0.